The average Bonchev–Trinajstić information content (AvgIpc) is 2.25. The van der Waals surface area contributed by atoms with Crippen molar-refractivity contribution < 1.29 is 13.9 Å². The van der Waals surface area contributed by atoms with Crippen LogP contribution in [0.4, 0.5) is 8.78 Å². The minimum absolute atomic E-state index is 0.0518. The first-order chi connectivity index (χ1) is 8.00. The first-order valence-corrected chi connectivity index (χ1v) is 4.97. The molecule has 0 spiro atoms. The summed E-state index contributed by atoms with van der Waals surface area (Å²) in [4.78, 5) is 7.89. The van der Waals surface area contributed by atoms with Gasteiger partial charge in [-0.15, -0.1) is 0 Å². The minimum atomic E-state index is -0.871. The number of halogens is 2. The van der Waals surface area contributed by atoms with Crippen LogP contribution in [0.25, 0.3) is 11.1 Å². The maximum atomic E-state index is 13.7. The number of aromatic nitrogens is 2. The lowest BCUT2D eigenvalue weighted by Crippen LogP contribution is -1.97. The fourth-order valence-corrected chi connectivity index (χ4v) is 1.71. The summed E-state index contributed by atoms with van der Waals surface area (Å²) in [7, 11) is 0. The molecule has 2 rings (SSSR count). The Balaban J connectivity index is 2.73. The molecule has 17 heavy (non-hydrogen) atoms. The second-order valence-corrected chi connectivity index (χ2v) is 3.70. The molecule has 3 nitrogen and oxygen atoms in total. The molecule has 0 atom stereocenters. The Morgan fingerprint density at radius 2 is 1.59 bits per heavy atom. The van der Waals surface area contributed by atoms with E-state index >= 15 is 0 Å². The molecule has 1 heterocycles. The highest BCUT2D eigenvalue weighted by Crippen LogP contribution is 2.31. The van der Waals surface area contributed by atoms with E-state index in [9.17, 15) is 8.78 Å². The molecule has 0 amide bonds. The molecule has 0 bridgehead atoms. The lowest BCUT2D eigenvalue weighted by molar-refractivity contribution is 0.427. The van der Waals surface area contributed by atoms with Gasteiger partial charge in [-0.3, -0.25) is 0 Å². The number of phenols is 1. The first kappa shape index (κ1) is 11.4. The van der Waals surface area contributed by atoms with Gasteiger partial charge in [-0.25, -0.2) is 18.7 Å². The van der Waals surface area contributed by atoms with E-state index in [4.69, 9.17) is 5.11 Å². The van der Waals surface area contributed by atoms with E-state index in [1.165, 1.54) is 6.33 Å². The largest absolute Gasteiger partial charge is 0.505 e. The van der Waals surface area contributed by atoms with Gasteiger partial charge in [0.2, 0.25) is 0 Å². The summed E-state index contributed by atoms with van der Waals surface area (Å²) in [5, 5.41) is 9.06. The van der Waals surface area contributed by atoms with Crippen LogP contribution in [0.15, 0.2) is 18.5 Å². The average molecular weight is 236 g/mol. The van der Waals surface area contributed by atoms with Crippen LogP contribution < -0.4 is 0 Å². The number of hydrogen-bond acceptors (Lipinski definition) is 3. The highest BCUT2D eigenvalue weighted by Gasteiger charge is 2.15. The van der Waals surface area contributed by atoms with Crippen LogP contribution in [-0.2, 0) is 0 Å². The van der Waals surface area contributed by atoms with Crippen molar-refractivity contribution in [2.24, 2.45) is 0 Å². The standard InChI is InChI=1S/C12H10F2N2O/c1-6-12(7(2)16-5-15-6)8-3-10(14)11(17)4-9(8)13/h3-5,17H,1-2H3. The lowest BCUT2D eigenvalue weighted by atomic mass is 10.0. The number of hydrogen-bond donors (Lipinski definition) is 1. The third kappa shape index (κ3) is 1.95. The molecule has 0 saturated carbocycles. The zero-order valence-corrected chi connectivity index (χ0v) is 9.33. The van der Waals surface area contributed by atoms with Gasteiger partial charge in [-0.2, -0.15) is 0 Å². The van der Waals surface area contributed by atoms with E-state index in [-0.39, 0.29) is 5.56 Å². The van der Waals surface area contributed by atoms with Crippen molar-refractivity contribution in [3.05, 3.63) is 41.5 Å². The van der Waals surface area contributed by atoms with Crippen LogP contribution >= 0.6 is 0 Å². The van der Waals surface area contributed by atoms with Gasteiger partial charge < -0.3 is 5.11 Å². The summed E-state index contributed by atoms with van der Waals surface area (Å²) in [6.07, 6.45) is 1.36. The molecule has 2 aromatic rings. The number of aryl methyl sites for hydroxylation is 2. The van der Waals surface area contributed by atoms with Crippen LogP contribution in [0, 0.1) is 25.5 Å². The van der Waals surface area contributed by atoms with Crippen molar-refractivity contribution in [1.29, 1.82) is 0 Å². The summed E-state index contributed by atoms with van der Waals surface area (Å²) in [5.74, 6) is -2.28. The molecule has 1 N–H and O–H groups in total. The van der Waals surface area contributed by atoms with E-state index < -0.39 is 17.4 Å². The summed E-state index contributed by atoms with van der Waals surface area (Å²) >= 11 is 0. The second-order valence-electron chi connectivity index (χ2n) is 3.70. The van der Waals surface area contributed by atoms with Crippen molar-refractivity contribution >= 4 is 0 Å². The molecule has 88 valence electrons. The van der Waals surface area contributed by atoms with Crippen LogP contribution in [0.2, 0.25) is 0 Å². The molecule has 0 radical (unpaired) electrons. The Morgan fingerprint density at radius 1 is 1.00 bits per heavy atom. The number of phenolic OH excluding ortho intramolecular Hbond substituents is 1. The summed E-state index contributed by atoms with van der Waals surface area (Å²) < 4.78 is 26.9. The second kappa shape index (κ2) is 4.08. The van der Waals surface area contributed by atoms with Gasteiger partial charge in [0.25, 0.3) is 0 Å². The van der Waals surface area contributed by atoms with Gasteiger partial charge in [-0.1, -0.05) is 0 Å². The molecule has 0 aliphatic heterocycles. The maximum absolute atomic E-state index is 13.7. The van der Waals surface area contributed by atoms with E-state index in [1.54, 1.807) is 13.8 Å². The molecule has 0 aliphatic carbocycles. The van der Waals surface area contributed by atoms with Crippen molar-refractivity contribution in [3.63, 3.8) is 0 Å². The van der Waals surface area contributed by atoms with Gasteiger partial charge >= 0.3 is 0 Å². The highest BCUT2D eigenvalue weighted by atomic mass is 19.1. The van der Waals surface area contributed by atoms with Gasteiger partial charge in [0, 0.05) is 28.6 Å². The third-order valence-electron chi connectivity index (χ3n) is 2.53. The summed E-state index contributed by atoms with van der Waals surface area (Å²) in [5.41, 5.74) is 1.61. The molecule has 0 aliphatic rings. The van der Waals surface area contributed by atoms with Crippen molar-refractivity contribution in [2.75, 3.05) is 0 Å². The highest BCUT2D eigenvalue weighted by molar-refractivity contribution is 5.69. The summed E-state index contributed by atoms with van der Waals surface area (Å²) in [6, 6.07) is 1.69. The third-order valence-corrected chi connectivity index (χ3v) is 2.53. The number of rotatable bonds is 1. The van der Waals surface area contributed by atoms with E-state index in [0.717, 1.165) is 12.1 Å². The van der Waals surface area contributed by atoms with Crippen molar-refractivity contribution in [1.82, 2.24) is 9.97 Å². The number of benzene rings is 1. The van der Waals surface area contributed by atoms with Crippen LogP contribution in [0.1, 0.15) is 11.4 Å². The van der Waals surface area contributed by atoms with E-state index in [0.29, 0.717) is 17.0 Å². The number of nitrogens with zero attached hydrogens (tertiary/aromatic N) is 2. The molecule has 0 unspecified atom stereocenters. The smallest absolute Gasteiger partial charge is 0.165 e. The van der Waals surface area contributed by atoms with Gasteiger partial charge in [0.15, 0.2) is 11.6 Å². The minimum Gasteiger partial charge on any atom is -0.505 e. The number of aromatic hydroxyl groups is 1. The molecule has 0 saturated heterocycles. The quantitative estimate of drug-likeness (QED) is 0.828. The zero-order valence-electron chi connectivity index (χ0n) is 9.33. The summed E-state index contributed by atoms with van der Waals surface area (Å²) in [6.45, 7) is 3.38. The maximum Gasteiger partial charge on any atom is 0.165 e. The Morgan fingerprint density at radius 3 is 2.18 bits per heavy atom. The topological polar surface area (TPSA) is 46.0 Å². The fraction of sp³-hybridized carbons (Fsp3) is 0.167. The van der Waals surface area contributed by atoms with Gasteiger partial charge in [0.05, 0.1) is 0 Å². The molecule has 1 aromatic heterocycles. The van der Waals surface area contributed by atoms with E-state index in [2.05, 4.69) is 9.97 Å². The predicted molar refractivity (Wildman–Crippen MR) is 58.5 cm³/mol. The van der Waals surface area contributed by atoms with Crippen LogP contribution in [0.5, 0.6) is 5.75 Å². The molecule has 5 heteroatoms. The zero-order chi connectivity index (χ0) is 12.6. The Kier molecular flexibility index (Phi) is 2.75. The monoisotopic (exact) mass is 236 g/mol. The normalized spacial score (nSPS) is 10.6. The molecular formula is C12H10F2N2O. The van der Waals surface area contributed by atoms with Gasteiger partial charge in [0.1, 0.15) is 12.1 Å². The first-order valence-electron chi connectivity index (χ1n) is 4.97. The predicted octanol–water partition coefficient (Wildman–Crippen LogP) is 2.74. The lowest BCUT2D eigenvalue weighted by Gasteiger charge is -2.09. The fourth-order valence-electron chi connectivity index (χ4n) is 1.71. The van der Waals surface area contributed by atoms with Crippen LogP contribution in [0.3, 0.4) is 0 Å². The van der Waals surface area contributed by atoms with E-state index in [1.807, 2.05) is 0 Å². The Labute approximate surface area is 96.8 Å². The molecule has 1 aromatic carbocycles. The Bertz CT molecular complexity index is 565. The Hall–Kier alpha value is -2.04. The van der Waals surface area contributed by atoms with Gasteiger partial charge in [-0.05, 0) is 19.9 Å². The molecular weight excluding hydrogens is 226 g/mol. The SMILES string of the molecule is Cc1ncnc(C)c1-c1cc(F)c(O)cc1F. The van der Waals surface area contributed by atoms with Crippen molar-refractivity contribution in [3.8, 4) is 16.9 Å². The van der Waals surface area contributed by atoms with Crippen LogP contribution in [-0.4, -0.2) is 15.1 Å². The molecule has 0 fully saturated rings. The van der Waals surface area contributed by atoms with Crippen molar-refractivity contribution in [2.45, 2.75) is 13.8 Å².